The Hall–Kier alpha value is -0.850. The zero-order valence-electron chi connectivity index (χ0n) is 11.3. The summed E-state index contributed by atoms with van der Waals surface area (Å²) in [6.45, 7) is 4.36. The van der Waals surface area contributed by atoms with Crippen LogP contribution >= 0.6 is 0 Å². The molecule has 0 saturated heterocycles. The molecule has 0 radical (unpaired) electrons. The fourth-order valence-electron chi connectivity index (χ4n) is 2.15. The summed E-state index contributed by atoms with van der Waals surface area (Å²) in [5.74, 6) is 0.0553. The third-order valence-electron chi connectivity index (χ3n) is 3.26. The summed E-state index contributed by atoms with van der Waals surface area (Å²) in [5, 5.41) is 0. The summed E-state index contributed by atoms with van der Waals surface area (Å²) >= 11 is 0. The monoisotopic (exact) mass is 236 g/mol. The van der Waals surface area contributed by atoms with Crippen LogP contribution < -0.4 is 0 Å². The molecule has 0 N–H and O–H groups in total. The van der Waals surface area contributed by atoms with Crippen LogP contribution in [-0.4, -0.2) is 0 Å². The molecular weight excluding hydrogens is 211 g/mol. The first-order valence-electron chi connectivity index (χ1n) is 7.05. The van der Waals surface area contributed by atoms with Gasteiger partial charge in [-0.1, -0.05) is 57.7 Å². The number of benzene rings is 1. The molecule has 0 nitrogen and oxygen atoms in total. The second kappa shape index (κ2) is 8.27. The van der Waals surface area contributed by atoms with Crippen molar-refractivity contribution in [2.24, 2.45) is 0 Å². The first kappa shape index (κ1) is 14.2. The largest absolute Gasteiger partial charge is 0.206 e. The van der Waals surface area contributed by atoms with Crippen LogP contribution in [0.3, 0.4) is 0 Å². The van der Waals surface area contributed by atoms with Crippen LogP contribution in [0, 0.1) is 5.82 Å². The van der Waals surface area contributed by atoms with E-state index in [2.05, 4.69) is 13.8 Å². The smallest absolute Gasteiger partial charge is 0.129 e. The Balaban J connectivity index is 2.56. The molecule has 1 rings (SSSR count). The Labute approximate surface area is 105 Å². The van der Waals surface area contributed by atoms with Gasteiger partial charge in [0.05, 0.1) is 0 Å². The van der Waals surface area contributed by atoms with E-state index in [4.69, 9.17) is 0 Å². The highest BCUT2D eigenvalue weighted by Gasteiger charge is 2.07. The Bertz CT molecular complexity index is 289. The molecule has 1 aromatic carbocycles. The lowest BCUT2D eigenvalue weighted by Gasteiger charge is -2.08. The van der Waals surface area contributed by atoms with Crippen LogP contribution in [0.2, 0.25) is 0 Å². The molecule has 0 fully saturated rings. The van der Waals surface area contributed by atoms with E-state index in [1.807, 2.05) is 18.2 Å². The lowest BCUT2D eigenvalue weighted by molar-refractivity contribution is 0.575. The zero-order chi connectivity index (χ0) is 12.5. The minimum Gasteiger partial charge on any atom is -0.206 e. The second-order valence-corrected chi connectivity index (χ2v) is 4.80. The number of unbranched alkanes of at least 4 members (excludes halogenated alkanes) is 4. The predicted octanol–water partition coefficient (Wildman–Crippen LogP) is 5.29. The maximum Gasteiger partial charge on any atom is 0.129 e. The third-order valence-corrected chi connectivity index (χ3v) is 3.26. The summed E-state index contributed by atoms with van der Waals surface area (Å²) in [5.41, 5.74) is 1.82. The minimum absolute atomic E-state index is 0.0553. The Morgan fingerprint density at radius 1 is 0.824 bits per heavy atom. The summed E-state index contributed by atoms with van der Waals surface area (Å²) in [6.07, 6.45) is 8.76. The van der Waals surface area contributed by atoms with Crippen molar-refractivity contribution in [1.29, 1.82) is 0 Å². The van der Waals surface area contributed by atoms with Gasteiger partial charge in [-0.25, -0.2) is 4.39 Å². The van der Waals surface area contributed by atoms with Crippen molar-refractivity contribution >= 4 is 0 Å². The van der Waals surface area contributed by atoms with Crippen molar-refractivity contribution in [3.63, 3.8) is 0 Å². The quantitative estimate of drug-likeness (QED) is 0.538. The van der Waals surface area contributed by atoms with E-state index >= 15 is 0 Å². The standard InChI is InChI=1S/C16H25F/c1-3-5-7-10-14-12-9-13-15(16(14)17)11-8-6-4-2/h9,12-13H,3-8,10-11H2,1-2H3. The molecule has 0 aliphatic carbocycles. The van der Waals surface area contributed by atoms with Gasteiger partial charge in [-0.05, 0) is 36.8 Å². The highest BCUT2D eigenvalue weighted by Crippen LogP contribution is 2.18. The maximum atomic E-state index is 14.1. The number of halogens is 1. The second-order valence-electron chi connectivity index (χ2n) is 4.80. The van der Waals surface area contributed by atoms with Crippen LogP contribution in [0.15, 0.2) is 18.2 Å². The van der Waals surface area contributed by atoms with E-state index in [-0.39, 0.29) is 5.82 Å². The Kier molecular flexibility index (Phi) is 6.91. The Morgan fingerprint density at radius 2 is 1.29 bits per heavy atom. The first-order chi connectivity index (χ1) is 8.29. The van der Waals surface area contributed by atoms with Crippen LogP contribution in [0.25, 0.3) is 0 Å². The van der Waals surface area contributed by atoms with Crippen molar-refractivity contribution in [3.8, 4) is 0 Å². The van der Waals surface area contributed by atoms with Crippen molar-refractivity contribution in [3.05, 3.63) is 35.1 Å². The van der Waals surface area contributed by atoms with Gasteiger partial charge < -0.3 is 0 Å². The highest BCUT2D eigenvalue weighted by atomic mass is 19.1. The van der Waals surface area contributed by atoms with E-state index in [0.29, 0.717) is 0 Å². The molecule has 0 aliphatic heterocycles. The van der Waals surface area contributed by atoms with Gasteiger partial charge in [0.15, 0.2) is 0 Å². The zero-order valence-corrected chi connectivity index (χ0v) is 11.3. The molecule has 0 amide bonds. The van der Waals surface area contributed by atoms with Gasteiger partial charge in [0.1, 0.15) is 5.82 Å². The SMILES string of the molecule is CCCCCc1cccc(CCCCC)c1F. The highest BCUT2D eigenvalue weighted by molar-refractivity contribution is 5.26. The molecule has 0 spiro atoms. The van der Waals surface area contributed by atoms with E-state index in [0.717, 1.165) is 36.8 Å². The first-order valence-corrected chi connectivity index (χ1v) is 7.05. The van der Waals surface area contributed by atoms with Crippen molar-refractivity contribution in [2.75, 3.05) is 0 Å². The molecule has 0 heterocycles. The molecule has 0 saturated carbocycles. The average molecular weight is 236 g/mol. The summed E-state index contributed by atoms with van der Waals surface area (Å²) in [7, 11) is 0. The van der Waals surface area contributed by atoms with Gasteiger partial charge in [0.2, 0.25) is 0 Å². The van der Waals surface area contributed by atoms with Crippen molar-refractivity contribution in [2.45, 2.75) is 65.2 Å². The topological polar surface area (TPSA) is 0 Å². The van der Waals surface area contributed by atoms with E-state index in [1.165, 1.54) is 25.7 Å². The lowest BCUT2D eigenvalue weighted by atomic mass is 10.0. The van der Waals surface area contributed by atoms with E-state index in [1.54, 1.807) is 0 Å². The average Bonchev–Trinajstić information content (AvgIpc) is 2.34. The van der Waals surface area contributed by atoms with Gasteiger partial charge >= 0.3 is 0 Å². The lowest BCUT2D eigenvalue weighted by Crippen LogP contribution is -1.97. The van der Waals surface area contributed by atoms with E-state index < -0.39 is 0 Å². The fraction of sp³-hybridized carbons (Fsp3) is 0.625. The minimum atomic E-state index is 0.0553. The number of aryl methyl sites for hydroxylation is 2. The van der Waals surface area contributed by atoms with Crippen LogP contribution in [0.5, 0.6) is 0 Å². The van der Waals surface area contributed by atoms with Crippen LogP contribution in [0.4, 0.5) is 4.39 Å². The summed E-state index contributed by atoms with van der Waals surface area (Å²) in [6, 6.07) is 5.88. The summed E-state index contributed by atoms with van der Waals surface area (Å²) in [4.78, 5) is 0. The fourth-order valence-corrected chi connectivity index (χ4v) is 2.15. The molecule has 0 unspecified atom stereocenters. The molecule has 0 atom stereocenters. The van der Waals surface area contributed by atoms with Gasteiger partial charge in [0.25, 0.3) is 0 Å². The van der Waals surface area contributed by atoms with Crippen molar-refractivity contribution < 1.29 is 4.39 Å². The van der Waals surface area contributed by atoms with Gasteiger partial charge in [-0.3, -0.25) is 0 Å². The molecule has 1 aromatic rings. The molecular formula is C16H25F. The molecule has 96 valence electrons. The van der Waals surface area contributed by atoms with E-state index in [9.17, 15) is 4.39 Å². The number of hydrogen-bond acceptors (Lipinski definition) is 0. The molecule has 0 aromatic heterocycles. The van der Waals surface area contributed by atoms with Crippen molar-refractivity contribution in [1.82, 2.24) is 0 Å². The molecule has 0 bridgehead atoms. The van der Waals surface area contributed by atoms with Gasteiger partial charge in [0, 0.05) is 0 Å². The van der Waals surface area contributed by atoms with Gasteiger partial charge in [-0.15, -0.1) is 0 Å². The number of hydrogen-bond donors (Lipinski definition) is 0. The molecule has 17 heavy (non-hydrogen) atoms. The summed E-state index contributed by atoms with van der Waals surface area (Å²) < 4.78 is 14.1. The predicted molar refractivity (Wildman–Crippen MR) is 72.9 cm³/mol. The molecule has 1 heteroatoms. The maximum absolute atomic E-state index is 14.1. The molecule has 0 aliphatic rings. The van der Waals surface area contributed by atoms with Crippen LogP contribution in [0.1, 0.15) is 63.5 Å². The third kappa shape index (κ3) is 4.89. The Morgan fingerprint density at radius 3 is 1.71 bits per heavy atom. The number of rotatable bonds is 8. The van der Waals surface area contributed by atoms with Gasteiger partial charge in [-0.2, -0.15) is 0 Å². The normalized spacial score (nSPS) is 10.8. The van der Waals surface area contributed by atoms with Crippen LogP contribution in [-0.2, 0) is 12.8 Å².